The Kier molecular flexibility index (Phi) is 47.8. The minimum atomic E-state index is -0.841. The van der Waals surface area contributed by atoms with Crippen LogP contribution < -0.4 is 10.2 Å². The standard InChI is InChI=1S/2C16H32O2.2C4H9.Sn/c2*1-3-5-7-8-9-10-11-12-14-15(16(17)18)13-6-4-2;2*1-3-4-2;/h2*15H,3-14H2,1-2H3,(H,17,18);2*1,3-4H2,2H3;/q;;;;+2/p-2. The third kappa shape index (κ3) is 43.7. The van der Waals surface area contributed by atoms with E-state index in [0.717, 1.165) is 64.2 Å². The third-order valence-electron chi connectivity index (χ3n) is 8.71. The van der Waals surface area contributed by atoms with E-state index < -0.39 is 11.9 Å². The molecule has 0 aliphatic rings. The fourth-order valence-electron chi connectivity index (χ4n) is 5.44. The molecule has 4 nitrogen and oxygen atoms in total. The van der Waals surface area contributed by atoms with Gasteiger partial charge in [-0.15, -0.1) is 0 Å². The van der Waals surface area contributed by atoms with E-state index in [1.54, 1.807) is 8.87 Å². The first kappa shape index (κ1) is 49.1. The summed E-state index contributed by atoms with van der Waals surface area (Å²) in [6.07, 6.45) is 33.5. The predicted molar refractivity (Wildman–Crippen MR) is 196 cm³/mol. The Morgan fingerprint density at radius 2 is 0.622 bits per heavy atom. The van der Waals surface area contributed by atoms with Crippen LogP contribution in [0.15, 0.2) is 0 Å². The summed E-state index contributed by atoms with van der Waals surface area (Å²) in [5.41, 5.74) is 0. The predicted octanol–water partition coefficient (Wildman–Crippen LogP) is 11.3. The fourth-order valence-corrected chi connectivity index (χ4v) is 9.60. The Balaban J connectivity index is -0.000000622. The normalized spacial score (nSPS) is 11.9. The van der Waals surface area contributed by atoms with E-state index in [1.807, 2.05) is 0 Å². The molecule has 0 aromatic carbocycles. The van der Waals surface area contributed by atoms with Crippen LogP contribution in [0.4, 0.5) is 0 Å². The SMILES string of the molecule is CCCCCCCCCCC(CCCC)C(=O)[O-].CCCCCCCCCCC(CCCC)C(=O)[O-].CCC[CH2][Sn+2][CH2]CCC. The minimum absolute atomic E-state index is 0.149. The number of rotatable bonds is 32. The van der Waals surface area contributed by atoms with Crippen LogP contribution in [0.25, 0.3) is 0 Å². The Morgan fingerprint density at radius 1 is 0.378 bits per heavy atom. The first-order valence-electron chi connectivity index (χ1n) is 20.0. The van der Waals surface area contributed by atoms with Gasteiger partial charge in [0.25, 0.3) is 0 Å². The molecule has 45 heavy (non-hydrogen) atoms. The Labute approximate surface area is 293 Å². The van der Waals surface area contributed by atoms with Crippen molar-refractivity contribution in [2.24, 2.45) is 11.8 Å². The quantitative estimate of drug-likeness (QED) is 0.0507. The van der Waals surface area contributed by atoms with Gasteiger partial charge in [0.05, 0.1) is 0 Å². The number of hydrogen-bond acceptors (Lipinski definition) is 4. The summed E-state index contributed by atoms with van der Waals surface area (Å²) in [5, 5.41) is 21.9. The molecule has 0 amide bonds. The number of carboxylic acid groups (broad SMARTS) is 2. The number of aliphatic carboxylic acids is 2. The van der Waals surface area contributed by atoms with E-state index in [0.29, 0.717) is 0 Å². The van der Waals surface area contributed by atoms with E-state index in [4.69, 9.17) is 0 Å². The number of unbranched alkanes of at least 4 members (excludes halogenated alkanes) is 18. The molecule has 0 bridgehead atoms. The third-order valence-corrected chi connectivity index (χ3v) is 12.7. The van der Waals surface area contributed by atoms with Gasteiger partial charge in [0, 0.05) is 11.9 Å². The second kappa shape index (κ2) is 43.7. The molecule has 5 heteroatoms. The van der Waals surface area contributed by atoms with E-state index in [1.165, 1.54) is 116 Å². The molecule has 0 aromatic rings. The van der Waals surface area contributed by atoms with Crippen molar-refractivity contribution < 1.29 is 19.8 Å². The average molecular weight is 744 g/mol. The summed E-state index contributed by atoms with van der Waals surface area (Å²) in [6, 6.07) is 0. The maximum absolute atomic E-state index is 10.9. The van der Waals surface area contributed by atoms with E-state index in [-0.39, 0.29) is 33.0 Å². The summed E-state index contributed by atoms with van der Waals surface area (Å²) in [4.78, 5) is 21.9. The average Bonchev–Trinajstić information content (AvgIpc) is 3.03. The maximum atomic E-state index is 10.9. The molecular formula is C40H80O4Sn. The van der Waals surface area contributed by atoms with Gasteiger partial charge in [-0.3, -0.25) is 0 Å². The molecule has 0 aliphatic heterocycles. The zero-order chi connectivity index (χ0) is 34.2. The number of carbonyl (C=O) groups excluding carboxylic acids is 2. The molecule has 0 N–H and O–H groups in total. The summed E-state index contributed by atoms with van der Waals surface area (Å²) in [7, 11) is 0. The Hall–Kier alpha value is -0.261. The van der Waals surface area contributed by atoms with Gasteiger partial charge in [-0.05, 0) is 37.5 Å². The van der Waals surface area contributed by atoms with Gasteiger partial charge in [-0.1, -0.05) is 156 Å². The molecular weight excluding hydrogens is 663 g/mol. The van der Waals surface area contributed by atoms with Gasteiger partial charge in [0.1, 0.15) is 0 Å². The summed E-state index contributed by atoms with van der Waals surface area (Å²) < 4.78 is 3.25. The van der Waals surface area contributed by atoms with Crippen molar-refractivity contribution in [3.05, 3.63) is 0 Å². The monoisotopic (exact) mass is 745 g/mol. The van der Waals surface area contributed by atoms with Crippen molar-refractivity contribution in [1.82, 2.24) is 0 Å². The fraction of sp³-hybridized carbons (Fsp3) is 0.950. The van der Waals surface area contributed by atoms with Gasteiger partial charge < -0.3 is 19.8 Å². The molecule has 0 radical (unpaired) electrons. The van der Waals surface area contributed by atoms with Crippen LogP contribution in [0.5, 0.6) is 0 Å². The van der Waals surface area contributed by atoms with Crippen molar-refractivity contribution in [2.75, 3.05) is 0 Å². The van der Waals surface area contributed by atoms with Gasteiger partial charge in [0.15, 0.2) is 0 Å². The first-order chi connectivity index (χ1) is 21.9. The second-order valence-corrected chi connectivity index (χ2v) is 17.6. The number of carboxylic acids is 2. The molecule has 0 fully saturated rings. The van der Waals surface area contributed by atoms with Crippen molar-refractivity contribution in [3.8, 4) is 0 Å². The van der Waals surface area contributed by atoms with Crippen molar-refractivity contribution >= 4 is 33.1 Å². The van der Waals surface area contributed by atoms with Gasteiger partial charge >= 0.3 is 69.5 Å². The van der Waals surface area contributed by atoms with Crippen molar-refractivity contribution in [2.45, 2.75) is 230 Å². The molecule has 0 aromatic heterocycles. The second-order valence-electron chi connectivity index (χ2n) is 13.3. The zero-order valence-electron chi connectivity index (χ0n) is 31.5. The van der Waals surface area contributed by atoms with Crippen LogP contribution in [0.2, 0.25) is 8.87 Å². The topological polar surface area (TPSA) is 80.3 Å². The summed E-state index contributed by atoms with van der Waals surface area (Å²) in [5.74, 6) is -2.09. The van der Waals surface area contributed by atoms with Gasteiger partial charge in [-0.25, -0.2) is 0 Å². The van der Waals surface area contributed by atoms with Crippen molar-refractivity contribution in [3.63, 3.8) is 0 Å². The molecule has 2 unspecified atom stereocenters. The van der Waals surface area contributed by atoms with Crippen LogP contribution in [0.3, 0.4) is 0 Å². The summed E-state index contributed by atoms with van der Waals surface area (Å²) in [6.45, 7) is 13.2. The molecule has 2 atom stereocenters. The van der Waals surface area contributed by atoms with E-state index >= 15 is 0 Å². The van der Waals surface area contributed by atoms with Crippen LogP contribution >= 0.6 is 0 Å². The molecule has 0 rings (SSSR count). The molecule has 0 heterocycles. The van der Waals surface area contributed by atoms with E-state index in [2.05, 4.69) is 41.5 Å². The van der Waals surface area contributed by atoms with Crippen LogP contribution in [-0.4, -0.2) is 33.1 Å². The molecule has 0 spiro atoms. The van der Waals surface area contributed by atoms with E-state index in [9.17, 15) is 19.8 Å². The molecule has 268 valence electrons. The Bertz CT molecular complexity index is 520. The van der Waals surface area contributed by atoms with Crippen LogP contribution in [0.1, 0.15) is 221 Å². The van der Waals surface area contributed by atoms with Crippen molar-refractivity contribution in [1.29, 1.82) is 0 Å². The Morgan fingerprint density at radius 3 is 0.889 bits per heavy atom. The van der Waals surface area contributed by atoms with Gasteiger partial charge in [-0.2, -0.15) is 0 Å². The first-order valence-corrected chi connectivity index (χ1v) is 24.0. The summed E-state index contributed by atoms with van der Waals surface area (Å²) >= 11 is 0.149. The van der Waals surface area contributed by atoms with Crippen LogP contribution in [0, 0.1) is 11.8 Å². The van der Waals surface area contributed by atoms with Crippen LogP contribution in [-0.2, 0) is 9.59 Å². The number of carbonyl (C=O) groups is 2. The molecule has 0 aliphatic carbocycles. The molecule has 0 saturated heterocycles. The zero-order valence-corrected chi connectivity index (χ0v) is 34.4. The number of hydrogen-bond donors (Lipinski definition) is 0. The molecule has 0 saturated carbocycles. The van der Waals surface area contributed by atoms with Gasteiger partial charge in [0.2, 0.25) is 0 Å².